The first kappa shape index (κ1) is 38.1. The standard InChI is InChI=1S/C58H50BN3S/c1-35-21-24-37(25-22-35)60-46-26-28-51-54(40-19-13-14-20-50(40)63-51)52(46)42-33-49(61(38-15-9-7-10-16-38)39-17-11-8-12-18-39)53-41-32-43-44(58(5,6)30-29-57(43,3)4)34-48(41)62-47-27-23-36(2)31-45(47)59-55(42)56(53)62/h7-28,31-34,59-60H,29-30H2,1-6H3. The van der Waals surface area contributed by atoms with Gasteiger partial charge in [0, 0.05) is 64.9 Å². The molecule has 1 aliphatic carbocycles. The van der Waals surface area contributed by atoms with Crippen molar-refractivity contribution >= 4 is 100.0 Å². The van der Waals surface area contributed by atoms with Crippen LogP contribution in [0.1, 0.15) is 62.8 Å². The number of aromatic nitrogens is 1. The second-order valence-corrected chi connectivity index (χ2v) is 20.5. The van der Waals surface area contributed by atoms with E-state index in [1.165, 1.54) is 104 Å². The Balaban J connectivity index is 1.31. The highest BCUT2D eigenvalue weighted by atomic mass is 32.1. The molecule has 3 nitrogen and oxygen atoms in total. The first-order chi connectivity index (χ1) is 30.5. The molecule has 2 aliphatic rings. The molecule has 2 aromatic heterocycles. The quantitative estimate of drug-likeness (QED) is 0.168. The van der Waals surface area contributed by atoms with Gasteiger partial charge in [0.05, 0.1) is 16.7 Å². The van der Waals surface area contributed by atoms with E-state index in [0.29, 0.717) is 0 Å². The summed E-state index contributed by atoms with van der Waals surface area (Å²) in [5.74, 6) is 0. The van der Waals surface area contributed by atoms with Crippen molar-refractivity contribution in [1.82, 2.24) is 4.57 Å². The van der Waals surface area contributed by atoms with Gasteiger partial charge in [0.15, 0.2) is 7.28 Å². The second-order valence-electron chi connectivity index (χ2n) is 19.4. The van der Waals surface area contributed by atoms with E-state index in [-0.39, 0.29) is 10.8 Å². The molecule has 0 atom stereocenters. The van der Waals surface area contributed by atoms with Gasteiger partial charge in [0.25, 0.3) is 0 Å². The van der Waals surface area contributed by atoms with Gasteiger partial charge in [0.2, 0.25) is 0 Å². The predicted molar refractivity (Wildman–Crippen MR) is 275 cm³/mol. The molecule has 3 heterocycles. The molecule has 0 bridgehead atoms. The monoisotopic (exact) mass is 831 g/mol. The summed E-state index contributed by atoms with van der Waals surface area (Å²) in [7, 11) is 0.829. The highest BCUT2D eigenvalue weighted by molar-refractivity contribution is 7.26. The topological polar surface area (TPSA) is 20.2 Å². The fourth-order valence-corrected chi connectivity index (χ4v) is 12.1. The summed E-state index contributed by atoms with van der Waals surface area (Å²) in [6.07, 6.45) is 2.33. The maximum atomic E-state index is 3.98. The number of aryl methyl sites for hydroxylation is 2. The fourth-order valence-electron chi connectivity index (χ4n) is 11.0. The van der Waals surface area contributed by atoms with Crippen molar-refractivity contribution in [3.8, 4) is 16.8 Å². The Morgan fingerprint density at radius 2 is 1.25 bits per heavy atom. The van der Waals surface area contributed by atoms with Crippen molar-refractivity contribution in [2.45, 2.75) is 65.2 Å². The number of nitrogens with one attached hydrogen (secondary N) is 1. The molecule has 0 fully saturated rings. The molecule has 8 aromatic carbocycles. The summed E-state index contributed by atoms with van der Waals surface area (Å²) in [6.45, 7) is 14.2. The van der Waals surface area contributed by atoms with Crippen LogP contribution in [0.15, 0.2) is 158 Å². The highest BCUT2D eigenvalue weighted by Crippen LogP contribution is 2.53. The van der Waals surface area contributed by atoms with Crippen LogP contribution in [0, 0.1) is 13.8 Å². The van der Waals surface area contributed by atoms with E-state index in [0.717, 1.165) is 36.4 Å². The van der Waals surface area contributed by atoms with Gasteiger partial charge in [-0.25, -0.2) is 0 Å². The second kappa shape index (κ2) is 14.0. The van der Waals surface area contributed by atoms with Crippen LogP contribution < -0.4 is 21.1 Å². The molecule has 10 aromatic rings. The molecule has 1 N–H and O–H groups in total. The average molecular weight is 832 g/mol. The van der Waals surface area contributed by atoms with Gasteiger partial charge in [-0.3, -0.25) is 0 Å². The lowest BCUT2D eigenvalue weighted by atomic mass is 9.58. The van der Waals surface area contributed by atoms with Gasteiger partial charge in [-0.15, -0.1) is 11.3 Å². The molecule has 0 radical (unpaired) electrons. The molecule has 0 spiro atoms. The number of thiophene rings is 1. The van der Waals surface area contributed by atoms with Crippen molar-refractivity contribution in [3.05, 3.63) is 180 Å². The number of hydrogen-bond acceptors (Lipinski definition) is 3. The number of hydrogen-bond donors (Lipinski definition) is 1. The molecular formula is C58H50BN3S. The molecule has 0 unspecified atom stereocenters. The van der Waals surface area contributed by atoms with Crippen molar-refractivity contribution in [3.63, 3.8) is 0 Å². The van der Waals surface area contributed by atoms with Gasteiger partial charge in [-0.1, -0.05) is 123 Å². The molecule has 0 saturated carbocycles. The molecule has 0 amide bonds. The zero-order chi connectivity index (χ0) is 42.8. The Morgan fingerprint density at radius 3 is 1.97 bits per heavy atom. The Hall–Kier alpha value is -6.56. The minimum absolute atomic E-state index is 0.0519. The maximum Gasteiger partial charge on any atom is 0.198 e. The Labute approximate surface area is 374 Å². The zero-order valence-electron chi connectivity index (χ0n) is 36.9. The van der Waals surface area contributed by atoms with Crippen molar-refractivity contribution in [1.29, 1.82) is 0 Å². The van der Waals surface area contributed by atoms with Gasteiger partial charge in [0.1, 0.15) is 0 Å². The first-order valence-corrected chi connectivity index (χ1v) is 23.3. The van der Waals surface area contributed by atoms with Crippen molar-refractivity contribution in [2.24, 2.45) is 0 Å². The lowest BCUT2D eigenvalue weighted by molar-refractivity contribution is 0.332. The first-order valence-electron chi connectivity index (χ1n) is 22.5. The molecule has 306 valence electrons. The van der Waals surface area contributed by atoms with E-state index < -0.39 is 0 Å². The average Bonchev–Trinajstić information content (AvgIpc) is 3.84. The third-order valence-corrected chi connectivity index (χ3v) is 15.5. The largest absolute Gasteiger partial charge is 0.355 e. The Morgan fingerprint density at radius 1 is 0.603 bits per heavy atom. The lowest BCUT2D eigenvalue weighted by Gasteiger charge is -2.42. The van der Waals surface area contributed by atoms with E-state index in [1.54, 1.807) is 0 Å². The van der Waals surface area contributed by atoms with Gasteiger partial charge >= 0.3 is 0 Å². The van der Waals surface area contributed by atoms with Crippen LogP contribution in [0.4, 0.5) is 28.4 Å². The summed E-state index contributed by atoms with van der Waals surface area (Å²) in [4.78, 5) is 2.52. The summed E-state index contributed by atoms with van der Waals surface area (Å²) >= 11 is 1.89. The van der Waals surface area contributed by atoms with Gasteiger partial charge in [-0.05, 0) is 139 Å². The van der Waals surface area contributed by atoms with Gasteiger partial charge in [-0.2, -0.15) is 0 Å². The van der Waals surface area contributed by atoms with Crippen molar-refractivity contribution < 1.29 is 0 Å². The summed E-state index contributed by atoms with van der Waals surface area (Å²) in [6, 6.07) is 59.4. The molecule has 63 heavy (non-hydrogen) atoms. The maximum absolute atomic E-state index is 3.98. The van der Waals surface area contributed by atoms with Gasteiger partial charge < -0.3 is 14.8 Å². The molecule has 12 rings (SSSR count). The number of para-hydroxylation sites is 2. The third-order valence-electron chi connectivity index (χ3n) is 14.3. The van der Waals surface area contributed by atoms with E-state index in [1.807, 2.05) is 11.3 Å². The van der Waals surface area contributed by atoms with Crippen LogP contribution >= 0.6 is 11.3 Å². The van der Waals surface area contributed by atoms with Crippen LogP contribution in [-0.2, 0) is 10.8 Å². The fraction of sp³-hybridized carbons (Fsp3) is 0.172. The predicted octanol–water partition coefficient (Wildman–Crippen LogP) is 14.7. The summed E-state index contributed by atoms with van der Waals surface area (Å²) < 4.78 is 5.26. The van der Waals surface area contributed by atoms with Crippen LogP contribution in [0.3, 0.4) is 0 Å². The molecular weight excluding hydrogens is 782 g/mol. The molecule has 5 heteroatoms. The van der Waals surface area contributed by atoms with Crippen LogP contribution in [0.25, 0.3) is 58.8 Å². The molecule has 0 saturated heterocycles. The van der Waals surface area contributed by atoms with Crippen LogP contribution in [0.2, 0.25) is 0 Å². The smallest absolute Gasteiger partial charge is 0.198 e. The Kier molecular flexibility index (Phi) is 8.46. The van der Waals surface area contributed by atoms with Crippen LogP contribution in [0.5, 0.6) is 0 Å². The number of benzene rings is 8. The summed E-state index contributed by atoms with van der Waals surface area (Å²) in [5.41, 5.74) is 20.4. The SMILES string of the molecule is Cc1ccc(Nc2ccc3sc4ccccc4c3c2-c2cc(N(c3ccccc3)c3ccccc3)c3c4cc5c(cc4n4c3c2Bc2cc(C)ccc2-4)C(C)(C)CCC5(C)C)cc1. The molecule has 1 aliphatic heterocycles. The number of fused-ring (bicyclic) bond motifs is 9. The summed E-state index contributed by atoms with van der Waals surface area (Å²) in [5, 5.41) is 9.20. The van der Waals surface area contributed by atoms with Crippen molar-refractivity contribution in [2.75, 3.05) is 10.2 Å². The normalized spacial score (nSPS) is 14.8. The highest BCUT2D eigenvalue weighted by Gasteiger charge is 2.39. The van der Waals surface area contributed by atoms with E-state index in [4.69, 9.17) is 0 Å². The Bertz CT molecular complexity index is 3430. The van der Waals surface area contributed by atoms with E-state index in [9.17, 15) is 0 Å². The van der Waals surface area contributed by atoms with E-state index in [2.05, 4.69) is 214 Å². The number of rotatable bonds is 6. The van der Waals surface area contributed by atoms with Crippen LogP contribution in [-0.4, -0.2) is 11.8 Å². The zero-order valence-corrected chi connectivity index (χ0v) is 37.8. The van der Waals surface area contributed by atoms with E-state index >= 15 is 0 Å². The number of nitrogens with zero attached hydrogens (tertiary/aromatic N) is 2. The number of anilines is 5. The third kappa shape index (κ3) is 5.93. The lowest BCUT2D eigenvalue weighted by Crippen LogP contribution is -2.37. The minimum atomic E-state index is 0.0519. The minimum Gasteiger partial charge on any atom is -0.355 e.